The van der Waals surface area contributed by atoms with Gasteiger partial charge in [-0.05, 0) is 37.5 Å². The van der Waals surface area contributed by atoms with Gasteiger partial charge in [-0.1, -0.05) is 20.8 Å². The van der Waals surface area contributed by atoms with Gasteiger partial charge < -0.3 is 15.8 Å². The van der Waals surface area contributed by atoms with Crippen molar-refractivity contribution in [1.29, 1.82) is 0 Å². The minimum atomic E-state index is -0.0867. The lowest BCUT2D eigenvalue weighted by Crippen LogP contribution is -2.41. The van der Waals surface area contributed by atoms with E-state index >= 15 is 0 Å². The largest absolute Gasteiger partial charge is 0.376 e. The molecule has 3 N–H and O–H groups in total. The van der Waals surface area contributed by atoms with Crippen LogP contribution >= 0.6 is 0 Å². The zero-order valence-corrected chi connectivity index (χ0v) is 12.3. The first-order chi connectivity index (χ1) is 8.47. The number of nitrogens with one attached hydrogen (secondary N) is 1. The first-order valence-electron chi connectivity index (χ1n) is 7.06. The predicted octanol–water partition coefficient (Wildman–Crippen LogP) is 2.14. The monoisotopic (exact) mass is 255 g/mol. The van der Waals surface area contributed by atoms with Crippen molar-refractivity contribution < 1.29 is 4.74 Å². The van der Waals surface area contributed by atoms with E-state index in [1.807, 2.05) is 0 Å². The van der Waals surface area contributed by atoms with E-state index in [0.29, 0.717) is 18.4 Å². The van der Waals surface area contributed by atoms with Crippen LogP contribution in [-0.2, 0) is 4.74 Å². The molecular formula is C14H29N3O. The van der Waals surface area contributed by atoms with Gasteiger partial charge in [0.2, 0.25) is 0 Å². The van der Waals surface area contributed by atoms with E-state index in [2.05, 4.69) is 31.1 Å². The summed E-state index contributed by atoms with van der Waals surface area (Å²) in [7, 11) is 1.79. The highest BCUT2D eigenvalue weighted by molar-refractivity contribution is 5.77. The number of hydrogen-bond donors (Lipinski definition) is 2. The third-order valence-corrected chi connectivity index (χ3v) is 3.85. The molecule has 0 saturated heterocycles. The van der Waals surface area contributed by atoms with Gasteiger partial charge in [0.15, 0.2) is 5.96 Å². The number of rotatable bonds is 5. The molecule has 1 aliphatic rings. The van der Waals surface area contributed by atoms with Crippen molar-refractivity contribution in [2.75, 3.05) is 20.2 Å². The van der Waals surface area contributed by atoms with Gasteiger partial charge >= 0.3 is 0 Å². The standard InChI is InChI=1S/C14H29N3O/c1-11(2)9-16-13(15)17-10-14(18-4)7-5-12(3)6-8-14/h11-12H,5-10H2,1-4H3,(H3,15,16,17). The number of hydrogen-bond acceptors (Lipinski definition) is 2. The van der Waals surface area contributed by atoms with Crippen LogP contribution in [-0.4, -0.2) is 31.8 Å². The second-order valence-corrected chi connectivity index (χ2v) is 6.05. The summed E-state index contributed by atoms with van der Waals surface area (Å²) in [4.78, 5) is 4.45. The highest BCUT2D eigenvalue weighted by atomic mass is 16.5. The summed E-state index contributed by atoms with van der Waals surface area (Å²) < 4.78 is 5.71. The fourth-order valence-electron chi connectivity index (χ4n) is 2.31. The average molecular weight is 255 g/mol. The van der Waals surface area contributed by atoms with Crippen LogP contribution in [0.3, 0.4) is 0 Å². The second-order valence-electron chi connectivity index (χ2n) is 6.05. The number of aliphatic imine (C=N–C) groups is 1. The number of nitrogens with zero attached hydrogens (tertiary/aromatic N) is 1. The summed E-state index contributed by atoms with van der Waals surface area (Å²) in [6.07, 6.45) is 4.63. The maximum absolute atomic E-state index is 5.86. The minimum absolute atomic E-state index is 0.0867. The van der Waals surface area contributed by atoms with Gasteiger partial charge in [0.1, 0.15) is 0 Å². The zero-order valence-electron chi connectivity index (χ0n) is 12.3. The van der Waals surface area contributed by atoms with Crippen molar-refractivity contribution in [3.8, 4) is 0 Å². The van der Waals surface area contributed by atoms with Crippen LogP contribution in [0.1, 0.15) is 46.5 Å². The number of nitrogens with two attached hydrogens (primary N) is 1. The third-order valence-electron chi connectivity index (χ3n) is 3.85. The van der Waals surface area contributed by atoms with Crippen LogP contribution in [0.4, 0.5) is 0 Å². The molecule has 1 rings (SSSR count). The lowest BCUT2D eigenvalue weighted by molar-refractivity contribution is -0.0394. The fraction of sp³-hybridized carbons (Fsp3) is 0.929. The van der Waals surface area contributed by atoms with Crippen molar-refractivity contribution in [1.82, 2.24) is 5.32 Å². The first kappa shape index (κ1) is 15.3. The molecule has 0 aromatic carbocycles. The predicted molar refractivity (Wildman–Crippen MR) is 76.7 cm³/mol. The molecule has 0 unspecified atom stereocenters. The number of methoxy groups -OCH3 is 1. The van der Waals surface area contributed by atoms with Gasteiger partial charge in [-0.15, -0.1) is 0 Å². The lowest BCUT2D eigenvalue weighted by atomic mass is 9.79. The van der Waals surface area contributed by atoms with Crippen LogP contribution in [0.2, 0.25) is 0 Å². The highest BCUT2D eigenvalue weighted by Gasteiger charge is 2.33. The molecule has 0 aromatic rings. The Morgan fingerprint density at radius 3 is 2.56 bits per heavy atom. The lowest BCUT2D eigenvalue weighted by Gasteiger charge is -2.37. The molecule has 0 radical (unpaired) electrons. The van der Waals surface area contributed by atoms with E-state index in [0.717, 1.165) is 25.3 Å². The van der Waals surface area contributed by atoms with Crippen LogP contribution in [0, 0.1) is 11.8 Å². The average Bonchev–Trinajstić information content (AvgIpc) is 2.36. The van der Waals surface area contributed by atoms with Crippen molar-refractivity contribution in [3.05, 3.63) is 0 Å². The molecule has 1 fully saturated rings. The van der Waals surface area contributed by atoms with Crippen molar-refractivity contribution in [2.45, 2.75) is 52.1 Å². The van der Waals surface area contributed by atoms with Gasteiger partial charge in [0.25, 0.3) is 0 Å². The molecule has 1 aliphatic carbocycles. The van der Waals surface area contributed by atoms with Gasteiger partial charge in [-0.25, -0.2) is 0 Å². The Balaban J connectivity index is 2.45. The van der Waals surface area contributed by atoms with Crippen molar-refractivity contribution in [3.63, 3.8) is 0 Å². The van der Waals surface area contributed by atoms with E-state index < -0.39 is 0 Å². The van der Waals surface area contributed by atoms with E-state index in [4.69, 9.17) is 10.5 Å². The number of guanidine groups is 1. The molecule has 1 saturated carbocycles. The Labute approximate surface area is 111 Å². The molecule has 4 nitrogen and oxygen atoms in total. The molecule has 0 aliphatic heterocycles. The van der Waals surface area contributed by atoms with E-state index in [1.54, 1.807) is 7.11 Å². The van der Waals surface area contributed by atoms with E-state index in [-0.39, 0.29) is 5.60 Å². The topological polar surface area (TPSA) is 59.6 Å². The summed E-state index contributed by atoms with van der Waals surface area (Å²) in [5.74, 6) is 1.93. The van der Waals surface area contributed by atoms with Gasteiger partial charge in [0, 0.05) is 13.7 Å². The summed E-state index contributed by atoms with van der Waals surface area (Å²) in [5, 5.41) is 3.14. The van der Waals surface area contributed by atoms with Crippen molar-refractivity contribution in [2.24, 2.45) is 22.6 Å². The van der Waals surface area contributed by atoms with Gasteiger partial charge in [-0.2, -0.15) is 0 Å². The van der Waals surface area contributed by atoms with E-state index in [9.17, 15) is 0 Å². The maximum Gasteiger partial charge on any atom is 0.188 e. The normalized spacial score (nSPS) is 29.6. The van der Waals surface area contributed by atoms with Gasteiger partial charge in [0.05, 0.1) is 12.1 Å². The fourth-order valence-corrected chi connectivity index (χ4v) is 2.31. The summed E-state index contributed by atoms with van der Waals surface area (Å²) in [6.45, 7) is 8.15. The highest BCUT2D eigenvalue weighted by Crippen LogP contribution is 2.34. The maximum atomic E-state index is 5.86. The Morgan fingerprint density at radius 1 is 1.44 bits per heavy atom. The van der Waals surface area contributed by atoms with Crippen LogP contribution in [0.5, 0.6) is 0 Å². The van der Waals surface area contributed by atoms with E-state index in [1.165, 1.54) is 12.8 Å². The third kappa shape index (κ3) is 4.84. The Kier molecular flexibility index (Phi) is 5.93. The molecule has 106 valence electrons. The molecule has 0 spiro atoms. The molecule has 4 heteroatoms. The van der Waals surface area contributed by atoms with Gasteiger partial charge in [-0.3, -0.25) is 4.99 Å². The zero-order chi connectivity index (χ0) is 13.6. The minimum Gasteiger partial charge on any atom is -0.376 e. The Morgan fingerprint density at radius 2 is 2.06 bits per heavy atom. The smallest absolute Gasteiger partial charge is 0.188 e. The van der Waals surface area contributed by atoms with Crippen molar-refractivity contribution >= 4 is 5.96 Å². The Hall–Kier alpha value is -0.770. The Bertz CT molecular complexity index is 268. The molecular weight excluding hydrogens is 226 g/mol. The second kappa shape index (κ2) is 6.98. The molecule has 0 aromatic heterocycles. The molecule has 0 bridgehead atoms. The molecule has 18 heavy (non-hydrogen) atoms. The summed E-state index contributed by atoms with van der Waals surface area (Å²) in [5.41, 5.74) is 5.78. The molecule has 0 amide bonds. The molecule has 0 atom stereocenters. The van der Waals surface area contributed by atoms with Crippen LogP contribution in [0.25, 0.3) is 0 Å². The summed E-state index contributed by atoms with van der Waals surface area (Å²) >= 11 is 0. The quantitative estimate of drug-likeness (QED) is 0.584. The first-order valence-corrected chi connectivity index (χ1v) is 7.06. The van der Waals surface area contributed by atoms with Crippen LogP contribution < -0.4 is 11.1 Å². The summed E-state index contributed by atoms with van der Waals surface area (Å²) in [6, 6.07) is 0. The number of ether oxygens (including phenoxy) is 1. The molecule has 0 heterocycles. The SMILES string of the molecule is COC1(CN=C(N)NCC(C)C)CCC(C)CC1. The van der Waals surface area contributed by atoms with Crippen LogP contribution in [0.15, 0.2) is 4.99 Å².